The van der Waals surface area contributed by atoms with Crippen molar-refractivity contribution >= 4 is 18.4 Å². The molecule has 0 fully saturated rings. The van der Waals surface area contributed by atoms with Gasteiger partial charge in [-0.25, -0.2) is 5.10 Å². The predicted octanol–water partition coefficient (Wildman–Crippen LogP) is 2.22. The van der Waals surface area contributed by atoms with Crippen LogP contribution in [0.15, 0.2) is 48.0 Å². The van der Waals surface area contributed by atoms with Gasteiger partial charge in [-0.2, -0.15) is 14.9 Å². The van der Waals surface area contributed by atoms with Crippen LogP contribution in [0.5, 0.6) is 0 Å². The molecule has 0 aliphatic rings. The molecule has 0 amide bonds. The normalized spacial score (nSPS) is 11.2. The number of hydrogen-bond acceptors (Lipinski definition) is 4. The summed E-state index contributed by atoms with van der Waals surface area (Å²) in [6, 6.07) is 7.68. The van der Waals surface area contributed by atoms with Crippen molar-refractivity contribution in [2.24, 2.45) is 12.1 Å². The average molecular weight is 284 g/mol. The molecule has 0 unspecified atom stereocenters. The van der Waals surface area contributed by atoms with Crippen LogP contribution in [-0.4, -0.2) is 30.6 Å². The van der Waals surface area contributed by atoms with E-state index in [-0.39, 0.29) is 0 Å². The Labute approximate surface area is 120 Å². The van der Waals surface area contributed by atoms with Crippen molar-refractivity contribution in [1.82, 2.24) is 24.4 Å². The molecule has 0 saturated carbocycles. The average Bonchev–Trinajstić information content (AvgIpc) is 3.04. The zero-order valence-corrected chi connectivity index (χ0v) is 11.6. The third kappa shape index (κ3) is 2.30. The van der Waals surface area contributed by atoms with Gasteiger partial charge >= 0.3 is 0 Å². The van der Waals surface area contributed by atoms with Crippen molar-refractivity contribution in [3.63, 3.8) is 0 Å². The fourth-order valence-electron chi connectivity index (χ4n) is 1.81. The Morgan fingerprint density at radius 2 is 2.25 bits per heavy atom. The maximum absolute atomic E-state index is 5.20. The quantitative estimate of drug-likeness (QED) is 0.592. The molecule has 0 radical (unpaired) electrons. The molecule has 20 heavy (non-hydrogen) atoms. The van der Waals surface area contributed by atoms with Crippen LogP contribution in [0.1, 0.15) is 5.69 Å². The third-order valence-electron chi connectivity index (χ3n) is 2.86. The van der Waals surface area contributed by atoms with E-state index in [4.69, 9.17) is 12.2 Å². The SMILES string of the molecule is Cn1cccc1/C=N\n1c(-c2cccnc2)n[nH]c1=S. The topological polar surface area (TPSA) is 63.8 Å². The summed E-state index contributed by atoms with van der Waals surface area (Å²) in [5.41, 5.74) is 1.83. The van der Waals surface area contributed by atoms with Crippen LogP contribution in [0.25, 0.3) is 11.4 Å². The third-order valence-corrected chi connectivity index (χ3v) is 3.12. The molecule has 0 aromatic carbocycles. The molecule has 0 spiro atoms. The van der Waals surface area contributed by atoms with Gasteiger partial charge in [-0.1, -0.05) is 0 Å². The van der Waals surface area contributed by atoms with E-state index in [1.54, 1.807) is 23.3 Å². The molecule has 1 N–H and O–H groups in total. The molecule has 3 rings (SSSR count). The first kappa shape index (κ1) is 12.5. The van der Waals surface area contributed by atoms with Crippen LogP contribution in [0.2, 0.25) is 0 Å². The van der Waals surface area contributed by atoms with E-state index >= 15 is 0 Å². The fraction of sp³-hybridized carbons (Fsp3) is 0.0769. The number of aromatic amines is 1. The lowest BCUT2D eigenvalue weighted by atomic mass is 10.3. The summed E-state index contributed by atoms with van der Waals surface area (Å²) in [5.74, 6) is 0.633. The Balaban J connectivity index is 2.03. The minimum Gasteiger partial charge on any atom is -0.350 e. The van der Waals surface area contributed by atoms with Gasteiger partial charge in [0.1, 0.15) is 0 Å². The zero-order chi connectivity index (χ0) is 13.9. The maximum atomic E-state index is 5.20. The molecule has 100 valence electrons. The number of aryl methyl sites for hydroxylation is 1. The minimum absolute atomic E-state index is 0.439. The van der Waals surface area contributed by atoms with Crippen LogP contribution in [-0.2, 0) is 7.05 Å². The standard InChI is InChI=1S/C13H12N6S/c1-18-7-3-5-11(18)9-15-19-12(16-17-13(19)20)10-4-2-6-14-8-10/h2-9H,1H3,(H,17,20)/b15-9-. The molecule has 3 aromatic rings. The first-order valence-corrected chi connectivity index (χ1v) is 6.40. The van der Waals surface area contributed by atoms with E-state index in [0.29, 0.717) is 10.6 Å². The molecule has 0 aliphatic heterocycles. The van der Waals surface area contributed by atoms with Crippen LogP contribution in [0, 0.1) is 4.77 Å². The summed E-state index contributed by atoms with van der Waals surface area (Å²) in [7, 11) is 1.96. The highest BCUT2D eigenvalue weighted by Crippen LogP contribution is 2.15. The predicted molar refractivity (Wildman–Crippen MR) is 79.0 cm³/mol. The second kappa shape index (κ2) is 5.22. The molecule has 7 heteroatoms. The fourth-order valence-corrected chi connectivity index (χ4v) is 1.99. The van der Waals surface area contributed by atoms with Gasteiger partial charge in [-0.05, 0) is 36.5 Å². The lowest BCUT2D eigenvalue weighted by molar-refractivity contribution is 0.861. The number of H-pyrrole nitrogens is 1. The Hall–Kier alpha value is -2.54. The smallest absolute Gasteiger partial charge is 0.216 e. The molecule has 0 aliphatic carbocycles. The van der Waals surface area contributed by atoms with E-state index in [1.165, 1.54) is 0 Å². The summed E-state index contributed by atoms with van der Waals surface area (Å²) in [4.78, 5) is 4.08. The number of rotatable bonds is 3. The van der Waals surface area contributed by atoms with Crippen molar-refractivity contribution in [3.8, 4) is 11.4 Å². The van der Waals surface area contributed by atoms with Crippen molar-refractivity contribution in [2.45, 2.75) is 0 Å². The molecule has 0 saturated heterocycles. The van der Waals surface area contributed by atoms with Gasteiger partial charge in [0.25, 0.3) is 0 Å². The number of nitrogens with one attached hydrogen (secondary N) is 1. The van der Waals surface area contributed by atoms with Crippen molar-refractivity contribution in [1.29, 1.82) is 0 Å². The maximum Gasteiger partial charge on any atom is 0.216 e. The Morgan fingerprint density at radius 3 is 2.95 bits per heavy atom. The van der Waals surface area contributed by atoms with Crippen LogP contribution in [0.3, 0.4) is 0 Å². The lowest BCUT2D eigenvalue weighted by Crippen LogP contribution is -1.98. The molecule has 0 atom stereocenters. The minimum atomic E-state index is 0.439. The van der Waals surface area contributed by atoms with Gasteiger partial charge in [-0.15, -0.1) is 0 Å². The summed E-state index contributed by atoms with van der Waals surface area (Å²) < 4.78 is 3.99. The number of pyridine rings is 1. The van der Waals surface area contributed by atoms with Gasteiger partial charge in [0.15, 0.2) is 5.82 Å². The number of nitrogens with zero attached hydrogens (tertiary/aromatic N) is 5. The number of hydrogen-bond donors (Lipinski definition) is 1. The van der Waals surface area contributed by atoms with Gasteiger partial charge in [0, 0.05) is 31.2 Å². The van der Waals surface area contributed by atoms with Crippen molar-refractivity contribution in [2.75, 3.05) is 0 Å². The lowest BCUT2D eigenvalue weighted by Gasteiger charge is -2.00. The first-order chi connectivity index (χ1) is 9.75. The van der Waals surface area contributed by atoms with E-state index < -0.39 is 0 Å². The van der Waals surface area contributed by atoms with E-state index in [2.05, 4.69) is 20.3 Å². The first-order valence-electron chi connectivity index (χ1n) is 5.99. The Morgan fingerprint density at radius 1 is 1.35 bits per heavy atom. The van der Waals surface area contributed by atoms with Crippen molar-refractivity contribution in [3.05, 3.63) is 53.3 Å². The highest BCUT2D eigenvalue weighted by molar-refractivity contribution is 7.71. The Kier molecular flexibility index (Phi) is 3.26. The van der Waals surface area contributed by atoms with E-state index in [0.717, 1.165) is 11.3 Å². The Bertz CT molecular complexity index is 796. The van der Waals surface area contributed by atoms with Gasteiger partial charge in [-0.3, -0.25) is 4.98 Å². The van der Waals surface area contributed by atoms with Crippen LogP contribution >= 0.6 is 12.2 Å². The van der Waals surface area contributed by atoms with Crippen LogP contribution in [0.4, 0.5) is 0 Å². The second-order valence-corrected chi connectivity index (χ2v) is 4.58. The molecule has 3 aromatic heterocycles. The van der Waals surface area contributed by atoms with Gasteiger partial charge < -0.3 is 4.57 Å². The molecule has 3 heterocycles. The second-order valence-electron chi connectivity index (χ2n) is 4.19. The summed E-state index contributed by atoms with van der Waals surface area (Å²) in [6.07, 6.45) is 7.13. The van der Waals surface area contributed by atoms with Crippen LogP contribution < -0.4 is 0 Å². The highest BCUT2D eigenvalue weighted by atomic mass is 32.1. The van der Waals surface area contributed by atoms with Crippen molar-refractivity contribution < 1.29 is 0 Å². The van der Waals surface area contributed by atoms with E-state index in [1.807, 2.05) is 42.1 Å². The summed E-state index contributed by atoms with van der Waals surface area (Å²) >= 11 is 5.20. The molecule has 0 bridgehead atoms. The summed E-state index contributed by atoms with van der Waals surface area (Å²) in [5, 5.41) is 11.3. The zero-order valence-electron chi connectivity index (χ0n) is 10.8. The largest absolute Gasteiger partial charge is 0.350 e. The van der Waals surface area contributed by atoms with Gasteiger partial charge in [0.05, 0.1) is 11.9 Å². The van der Waals surface area contributed by atoms with E-state index in [9.17, 15) is 0 Å². The molecular formula is C13H12N6S. The van der Waals surface area contributed by atoms with Gasteiger partial charge in [0.2, 0.25) is 4.77 Å². The summed E-state index contributed by atoms with van der Waals surface area (Å²) in [6.45, 7) is 0. The molecular weight excluding hydrogens is 272 g/mol. The monoisotopic (exact) mass is 284 g/mol. The molecule has 6 nitrogen and oxygen atoms in total. The highest BCUT2D eigenvalue weighted by Gasteiger charge is 2.07. The number of aromatic nitrogens is 5.